The summed E-state index contributed by atoms with van der Waals surface area (Å²) in [4.78, 5) is 28.6. The van der Waals surface area contributed by atoms with Crippen molar-refractivity contribution in [1.29, 1.82) is 0 Å². The van der Waals surface area contributed by atoms with Crippen LogP contribution in [0.2, 0.25) is 0 Å². The lowest BCUT2D eigenvalue weighted by Crippen LogP contribution is -2.20. The molecule has 0 saturated carbocycles. The van der Waals surface area contributed by atoms with Crippen LogP contribution in [0.3, 0.4) is 0 Å². The van der Waals surface area contributed by atoms with Gasteiger partial charge in [0.1, 0.15) is 11.3 Å². The summed E-state index contributed by atoms with van der Waals surface area (Å²) in [5.74, 6) is 0.939. The number of hydrogen-bond donors (Lipinski definition) is 0. The van der Waals surface area contributed by atoms with Crippen molar-refractivity contribution in [3.63, 3.8) is 0 Å². The summed E-state index contributed by atoms with van der Waals surface area (Å²) >= 11 is 0. The molecule has 0 radical (unpaired) electrons. The Bertz CT molecular complexity index is 1580. The molecule has 0 saturated heterocycles. The average Bonchev–Trinajstić information content (AvgIpc) is 3.27. The van der Waals surface area contributed by atoms with Gasteiger partial charge in [-0.2, -0.15) is 9.78 Å². The molecular formula is C24H16N4O5. The Hall–Kier alpha value is -4.79. The summed E-state index contributed by atoms with van der Waals surface area (Å²) < 4.78 is 12.3. The maximum atomic E-state index is 13.3. The molecule has 162 valence electrons. The van der Waals surface area contributed by atoms with Gasteiger partial charge in [0, 0.05) is 23.1 Å². The second kappa shape index (κ2) is 8.04. The Kier molecular flexibility index (Phi) is 4.91. The highest BCUT2D eigenvalue weighted by Gasteiger charge is 2.17. The SMILES string of the molecule is COc1ccc([N+](=O)[O-])cc1C=Nn1c(-c2cc3ccccc3o2)nc2ccccc2c1=O. The third-order valence-corrected chi connectivity index (χ3v) is 5.14. The van der Waals surface area contributed by atoms with Gasteiger partial charge in [-0.05, 0) is 30.3 Å². The van der Waals surface area contributed by atoms with Gasteiger partial charge in [0.15, 0.2) is 5.76 Å². The van der Waals surface area contributed by atoms with Crippen molar-refractivity contribution in [2.24, 2.45) is 5.10 Å². The standard InChI is InChI=1S/C24H16N4O5/c1-32-20-11-10-17(28(30)31)12-16(20)14-25-27-23(22-13-15-6-2-5-9-21(15)33-22)26-19-8-4-3-7-18(19)24(27)29/h2-14H,1H3. The smallest absolute Gasteiger partial charge is 0.282 e. The maximum Gasteiger partial charge on any atom is 0.282 e. The number of methoxy groups -OCH3 is 1. The van der Waals surface area contributed by atoms with Crippen LogP contribution in [-0.2, 0) is 0 Å². The number of benzene rings is 3. The number of nitrogens with zero attached hydrogens (tertiary/aromatic N) is 4. The molecule has 9 heteroatoms. The molecule has 0 aliphatic carbocycles. The number of hydrogen-bond acceptors (Lipinski definition) is 7. The van der Waals surface area contributed by atoms with Crippen LogP contribution < -0.4 is 10.3 Å². The number of fused-ring (bicyclic) bond motifs is 2. The van der Waals surface area contributed by atoms with Crippen LogP contribution in [0.4, 0.5) is 5.69 Å². The number of para-hydroxylation sites is 2. The van der Waals surface area contributed by atoms with Crippen LogP contribution in [0.15, 0.2) is 87.1 Å². The average molecular weight is 440 g/mol. The number of non-ortho nitro benzene ring substituents is 1. The van der Waals surface area contributed by atoms with Crippen LogP contribution in [0, 0.1) is 10.1 Å². The molecule has 0 aliphatic heterocycles. The van der Waals surface area contributed by atoms with Crippen molar-refractivity contribution in [3.8, 4) is 17.3 Å². The van der Waals surface area contributed by atoms with Crippen LogP contribution in [0.25, 0.3) is 33.5 Å². The maximum absolute atomic E-state index is 13.3. The molecule has 5 rings (SSSR count). The molecule has 0 atom stereocenters. The third kappa shape index (κ3) is 3.61. The van der Waals surface area contributed by atoms with E-state index in [9.17, 15) is 14.9 Å². The van der Waals surface area contributed by atoms with E-state index in [-0.39, 0.29) is 11.5 Å². The third-order valence-electron chi connectivity index (χ3n) is 5.14. The number of aromatic nitrogens is 2. The molecule has 0 amide bonds. The lowest BCUT2D eigenvalue weighted by Gasteiger charge is -2.08. The molecule has 0 spiro atoms. The number of furan rings is 1. The van der Waals surface area contributed by atoms with Crippen LogP contribution in [0.1, 0.15) is 5.56 Å². The van der Waals surface area contributed by atoms with Gasteiger partial charge in [-0.1, -0.05) is 30.3 Å². The molecule has 33 heavy (non-hydrogen) atoms. The molecule has 5 aromatic rings. The van der Waals surface area contributed by atoms with Crippen molar-refractivity contribution in [3.05, 3.63) is 98.8 Å². The number of nitro groups is 1. The van der Waals surface area contributed by atoms with E-state index < -0.39 is 10.5 Å². The Morgan fingerprint density at radius 3 is 2.67 bits per heavy atom. The van der Waals surface area contributed by atoms with Crippen LogP contribution in [-0.4, -0.2) is 27.9 Å². The summed E-state index contributed by atoms with van der Waals surface area (Å²) in [5, 5.41) is 16.8. The molecule has 3 aromatic carbocycles. The predicted octanol–water partition coefficient (Wildman–Crippen LogP) is 4.61. The molecule has 0 unspecified atom stereocenters. The summed E-state index contributed by atoms with van der Waals surface area (Å²) in [6.45, 7) is 0. The molecule has 0 N–H and O–H groups in total. The summed E-state index contributed by atoms with van der Waals surface area (Å²) in [5.41, 5.74) is 0.945. The van der Waals surface area contributed by atoms with Gasteiger partial charge in [0.25, 0.3) is 11.2 Å². The quantitative estimate of drug-likeness (QED) is 0.224. The fourth-order valence-corrected chi connectivity index (χ4v) is 3.54. The van der Waals surface area contributed by atoms with Gasteiger partial charge < -0.3 is 9.15 Å². The fourth-order valence-electron chi connectivity index (χ4n) is 3.54. The minimum Gasteiger partial charge on any atom is -0.496 e. The Morgan fingerprint density at radius 2 is 1.88 bits per heavy atom. The summed E-state index contributed by atoms with van der Waals surface area (Å²) in [6.07, 6.45) is 1.33. The lowest BCUT2D eigenvalue weighted by molar-refractivity contribution is -0.384. The summed E-state index contributed by atoms with van der Waals surface area (Å²) in [7, 11) is 1.45. The molecule has 2 aromatic heterocycles. The first kappa shape index (κ1) is 20.1. The van der Waals surface area contributed by atoms with Gasteiger partial charge in [-0.3, -0.25) is 14.9 Å². The van der Waals surface area contributed by atoms with Gasteiger partial charge in [0.05, 0.1) is 29.2 Å². The first-order valence-corrected chi connectivity index (χ1v) is 9.92. The van der Waals surface area contributed by atoms with E-state index >= 15 is 0 Å². The Morgan fingerprint density at radius 1 is 1.09 bits per heavy atom. The molecule has 0 aliphatic rings. The van der Waals surface area contributed by atoms with E-state index in [2.05, 4.69) is 10.1 Å². The second-order valence-electron chi connectivity index (χ2n) is 7.15. The minimum atomic E-state index is -0.514. The first-order chi connectivity index (χ1) is 16.0. The predicted molar refractivity (Wildman–Crippen MR) is 124 cm³/mol. The highest BCUT2D eigenvalue weighted by Crippen LogP contribution is 2.27. The number of nitro benzene ring substituents is 1. The zero-order chi connectivity index (χ0) is 22.9. The Balaban J connectivity index is 1.73. The lowest BCUT2D eigenvalue weighted by atomic mass is 10.2. The van der Waals surface area contributed by atoms with Crippen molar-refractivity contribution in [2.75, 3.05) is 7.11 Å². The zero-order valence-electron chi connectivity index (χ0n) is 17.3. The van der Waals surface area contributed by atoms with E-state index in [1.165, 1.54) is 31.5 Å². The van der Waals surface area contributed by atoms with Crippen molar-refractivity contribution in [1.82, 2.24) is 9.66 Å². The highest BCUT2D eigenvalue weighted by atomic mass is 16.6. The molecule has 9 nitrogen and oxygen atoms in total. The van der Waals surface area contributed by atoms with Gasteiger partial charge in [-0.25, -0.2) is 4.98 Å². The molecule has 0 fully saturated rings. The van der Waals surface area contributed by atoms with Crippen molar-refractivity contribution >= 4 is 33.8 Å². The second-order valence-corrected chi connectivity index (χ2v) is 7.15. The number of ether oxygens (including phenoxy) is 1. The van der Waals surface area contributed by atoms with E-state index in [1.54, 1.807) is 30.3 Å². The zero-order valence-corrected chi connectivity index (χ0v) is 17.3. The van der Waals surface area contributed by atoms with E-state index in [0.29, 0.717) is 33.6 Å². The largest absolute Gasteiger partial charge is 0.496 e. The van der Waals surface area contributed by atoms with Crippen molar-refractivity contribution in [2.45, 2.75) is 0 Å². The monoisotopic (exact) mass is 440 g/mol. The fraction of sp³-hybridized carbons (Fsp3) is 0.0417. The summed E-state index contributed by atoms with van der Waals surface area (Å²) in [6, 6.07) is 20.3. The van der Waals surface area contributed by atoms with E-state index in [1.807, 2.05) is 24.3 Å². The van der Waals surface area contributed by atoms with E-state index in [4.69, 9.17) is 9.15 Å². The normalized spacial score (nSPS) is 11.4. The van der Waals surface area contributed by atoms with Gasteiger partial charge in [0.2, 0.25) is 5.82 Å². The Labute approximate surface area is 186 Å². The van der Waals surface area contributed by atoms with Crippen LogP contribution >= 0.6 is 0 Å². The minimum absolute atomic E-state index is 0.126. The molecule has 0 bridgehead atoms. The highest BCUT2D eigenvalue weighted by molar-refractivity contribution is 5.86. The molecule has 2 heterocycles. The molecular weight excluding hydrogens is 424 g/mol. The first-order valence-electron chi connectivity index (χ1n) is 9.92. The van der Waals surface area contributed by atoms with Crippen molar-refractivity contribution < 1.29 is 14.1 Å². The number of rotatable bonds is 5. The topological polar surface area (TPSA) is 113 Å². The van der Waals surface area contributed by atoms with E-state index in [0.717, 1.165) is 10.1 Å². The van der Waals surface area contributed by atoms with Gasteiger partial charge >= 0.3 is 0 Å². The van der Waals surface area contributed by atoms with Gasteiger partial charge in [-0.15, -0.1) is 0 Å². The van der Waals surface area contributed by atoms with Crippen LogP contribution in [0.5, 0.6) is 5.75 Å².